The third kappa shape index (κ3) is 1.24. The van der Waals surface area contributed by atoms with Crippen LogP contribution in [0.4, 0.5) is 0 Å². The molecule has 0 atom stereocenters. The molecule has 0 bridgehead atoms. The summed E-state index contributed by atoms with van der Waals surface area (Å²) in [7, 11) is 0. The molecule has 0 amide bonds. The molecule has 0 radical (unpaired) electrons. The first-order valence-electron chi connectivity index (χ1n) is 2.06. The molecule has 2 nitrogen and oxygen atoms in total. The fourth-order valence-corrected chi connectivity index (χ4v) is 0.801. The molecule has 0 saturated heterocycles. The molecule has 4 heteroatoms. The van der Waals surface area contributed by atoms with Gasteiger partial charge in [0.1, 0.15) is 0 Å². The van der Waals surface area contributed by atoms with E-state index in [1.807, 2.05) is 0 Å². The Morgan fingerprint density at radius 3 is 1.75 bits per heavy atom. The molecule has 0 spiro atoms. The fourth-order valence-electron chi connectivity index (χ4n) is 0.397. The lowest BCUT2D eigenvalue weighted by Crippen LogP contribution is -2.39. The quantitative estimate of drug-likeness (QED) is 0.336. The van der Waals surface area contributed by atoms with Crippen LogP contribution in [0.2, 0.25) is 0 Å². The average molecular weight is 144 g/mol. The predicted molar refractivity (Wildman–Crippen MR) is 32.4 cm³/mol. The van der Waals surface area contributed by atoms with Gasteiger partial charge in [-0.05, 0) is 0 Å². The Labute approximate surface area is 58.9 Å². The van der Waals surface area contributed by atoms with Crippen LogP contribution in [0.25, 0.3) is 0 Å². The topological polar surface area (TPSA) is 7.76 Å². The van der Waals surface area contributed by atoms with Gasteiger partial charge in [-0.15, -0.1) is 0 Å². The normalized spacial score (nSPS) is 9.00. The predicted octanol–water partition coefficient (Wildman–Crippen LogP) is -1.12. The van der Waals surface area contributed by atoms with E-state index in [-0.39, 0.29) is 0 Å². The largest absolute Gasteiger partial charge is 0.421 e. The van der Waals surface area contributed by atoms with Gasteiger partial charge in [0, 0.05) is 0 Å². The Balaban J connectivity index is 3.08. The first-order chi connectivity index (χ1) is 3.79. The molecule has 1 aromatic rings. The Hall–Kier alpha value is -0.480. The number of aromatic nitrogens is 2. The van der Waals surface area contributed by atoms with Gasteiger partial charge < -0.3 is 25.6 Å². The van der Waals surface area contributed by atoms with Gasteiger partial charge in [0.2, 0.25) is 0 Å². The summed E-state index contributed by atoms with van der Waals surface area (Å²) in [5.41, 5.74) is 0. The SMILES string of the molecule is [S-][n+]1ccc[n+]([S-])c1. The third-order valence-electron chi connectivity index (χ3n) is 0.694. The van der Waals surface area contributed by atoms with Crippen LogP contribution in [0.1, 0.15) is 0 Å². The van der Waals surface area contributed by atoms with Gasteiger partial charge >= 0.3 is 6.33 Å². The van der Waals surface area contributed by atoms with E-state index in [0.717, 1.165) is 0 Å². The molecule has 0 saturated carbocycles. The fraction of sp³-hybridized carbons (Fsp3) is 0. The standard InChI is InChI=1S/C4H4N2S2/c7-5-2-1-3-6(8)4-5/h1-4H. The van der Waals surface area contributed by atoms with Crippen molar-refractivity contribution in [3.05, 3.63) is 24.8 Å². The minimum atomic E-state index is 1.48. The van der Waals surface area contributed by atoms with Crippen molar-refractivity contribution in [1.29, 1.82) is 0 Å². The van der Waals surface area contributed by atoms with E-state index in [1.54, 1.807) is 24.8 Å². The summed E-state index contributed by atoms with van der Waals surface area (Å²) in [6.45, 7) is 0. The molecule has 1 heterocycles. The van der Waals surface area contributed by atoms with E-state index in [2.05, 4.69) is 0 Å². The molecular weight excluding hydrogens is 140 g/mol. The first kappa shape index (κ1) is 5.65. The van der Waals surface area contributed by atoms with E-state index in [1.165, 1.54) is 7.94 Å². The van der Waals surface area contributed by atoms with Gasteiger partial charge in [0.25, 0.3) is 0 Å². The van der Waals surface area contributed by atoms with Crippen molar-refractivity contribution in [2.45, 2.75) is 0 Å². The highest BCUT2D eigenvalue weighted by atomic mass is 32.1. The second-order valence-electron chi connectivity index (χ2n) is 1.33. The van der Waals surface area contributed by atoms with Crippen LogP contribution < -0.4 is 7.94 Å². The highest BCUT2D eigenvalue weighted by Crippen LogP contribution is 1.62. The van der Waals surface area contributed by atoms with Crippen molar-refractivity contribution >= 4 is 25.6 Å². The zero-order valence-electron chi connectivity index (χ0n) is 4.02. The van der Waals surface area contributed by atoms with Gasteiger partial charge in [-0.2, -0.15) is 0 Å². The van der Waals surface area contributed by atoms with Crippen molar-refractivity contribution in [2.24, 2.45) is 0 Å². The molecule has 0 aliphatic carbocycles. The van der Waals surface area contributed by atoms with Crippen molar-refractivity contribution in [2.75, 3.05) is 0 Å². The zero-order valence-corrected chi connectivity index (χ0v) is 5.65. The van der Waals surface area contributed by atoms with E-state index in [4.69, 9.17) is 25.6 Å². The maximum Gasteiger partial charge on any atom is 0.376 e. The maximum atomic E-state index is 4.73. The summed E-state index contributed by atoms with van der Waals surface area (Å²) in [4.78, 5) is 0. The highest BCUT2D eigenvalue weighted by Gasteiger charge is 1.84. The molecule has 0 N–H and O–H groups in total. The van der Waals surface area contributed by atoms with E-state index in [0.29, 0.717) is 0 Å². The summed E-state index contributed by atoms with van der Waals surface area (Å²) in [6, 6.07) is 1.79. The van der Waals surface area contributed by atoms with Gasteiger partial charge in [0.15, 0.2) is 12.4 Å². The van der Waals surface area contributed by atoms with Crippen LogP contribution in [-0.4, -0.2) is 0 Å². The summed E-state index contributed by atoms with van der Waals surface area (Å²) >= 11 is 9.46. The van der Waals surface area contributed by atoms with E-state index >= 15 is 0 Å². The lowest BCUT2D eigenvalue weighted by atomic mass is 10.7. The number of nitrogens with zero attached hydrogens (tertiary/aromatic N) is 2. The van der Waals surface area contributed by atoms with Crippen LogP contribution in [-0.2, 0) is 25.6 Å². The van der Waals surface area contributed by atoms with E-state index in [9.17, 15) is 0 Å². The van der Waals surface area contributed by atoms with Crippen molar-refractivity contribution in [3.8, 4) is 0 Å². The lowest BCUT2D eigenvalue weighted by Gasteiger charge is -1.94. The molecule has 0 aliphatic heterocycles. The van der Waals surface area contributed by atoms with Crippen LogP contribution in [0.3, 0.4) is 0 Å². The monoisotopic (exact) mass is 144 g/mol. The van der Waals surface area contributed by atoms with Crippen LogP contribution in [0, 0.1) is 0 Å². The van der Waals surface area contributed by atoms with Crippen LogP contribution in [0.5, 0.6) is 0 Å². The molecule has 0 fully saturated rings. The van der Waals surface area contributed by atoms with Gasteiger partial charge in [0.05, 0.1) is 6.07 Å². The summed E-state index contributed by atoms with van der Waals surface area (Å²) in [5.74, 6) is 0. The van der Waals surface area contributed by atoms with Gasteiger partial charge in [-0.3, -0.25) is 7.94 Å². The molecule has 0 aliphatic rings. The number of hydrogen-bond donors (Lipinski definition) is 0. The second kappa shape index (κ2) is 2.19. The molecule has 1 rings (SSSR count). The molecule has 0 aromatic carbocycles. The minimum absolute atomic E-state index is 1.48. The average Bonchev–Trinajstić information content (AvgIpc) is 1.64. The molecule has 0 unspecified atom stereocenters. The molecule has 42 valence electrons. The van der Waals surface area contributed by atoms with Crippen LogP contribution >= 0.6 is 0 Å². The van der Waals surface area contributed by atoms with Crippen LogP contribution in [0.15, 0.2) is 24.8 Å². The second-order valence-corrected chi connectivity index (χ2v) is 2.17. The molecule has 1 aromatic heterocycles. The first-order valence-corrected chi connectivity index (χ1v) is 2.79. The number of rotatable bonds is 0. The Kier molecular flexibility index (Phi) is 1.55. The minimum Gasteiger partial charge on any atom is -0.421 e. The Bertz CT molecular complexity index is 172. The van der Waals surface area contributed by atoms with E-state index < -0.39 is 0 Å². The van der Waals surface area contributed by atoms with Gasteiger partial charge in [-0.25, -0.2) is 0 Å². The molecular formula is C4H4N2S2. The smallest absolute Gasteiger partial charge is 0.376 e. The summed E-state index contributed by atoms with van der Waals surface area (Å²) < 4.78 is 2.96. The third-order valence-corrected chi connectivity index (χ3v) is 1.13. The lowest BCUT2D eigenvalue weighted by molar-refractivity contribution is -0.640. The summed E-state index contributed by atoms with van der Waals surface area (Å²) in [6.07, 6.45) is 5.13. The van der Waals surface area contributed by atoms with Crippen molar-refractivity contribution < 1.29 is 7.94 Å². The van der Waals surface area contributed by atoms with Gasteiger partial charge in [-0.1, -0.05) is 0 Å². The Morgan fingerprint density at radius 1 is 1.00 bits per heavy atom. The maximum absolute atomic E-state index is 4.73. The number of hydrogen-bond acceptors (Lipinski definition) is 2. The Morgan fingerprint density at radius 2 is 1.50 bits per heavy atom. The van der Waals surface area contributed by atoms with Crippen molar-refractivity contribution in [3.63, 3.8) is 0 Å². The molecule has 8 heavy (non-hydrogen) atoms. The highest BCUT2D eigenvalue weighted by molar-refractivity contribution is 7.51. The summed E-state index contributed by atoms with van der Waals surface area (Å²) in [5, 5.41) is 0. The van der Waals surface area contributed by atoms with Crippen molar-refractivity contribution in [1.82, 2.24) is 0 Å². The zero-order chi connectivity index (χ0) is 5.98.